The standard InChI is InChI=1S/C20H20N2O5S/c1-12-4-3-5-16(21-12)17(27-13(2)23)11-26-15-8-6-14(7-9-15)10-18-19(24)22-20(25)28-18/h3-9,17,24H,10-11H2,1-2H3,(H,22,25). The molecule has 2 aromatic heterocycles. The molecule has 0 aliphatic carbocycles. The fourth-order valence-electron chi connectivity index (χ4n) is 2.66. The van der Waals surface area contributed by atoms with Gasteiger partial charge < -0.3 is 14.6 Å². The molecule has 0 aliphatic rings. The Morgan fingerprint density at radius 1 is 1.25 bits per heavy atom. The summed E-state index contributed by atoms with van der Waals surface area (Å²) in [6, 6.07) is 12.8. The van der Waals surface area contributed by atoms with Crippen molar-refractivity contribution >= 4 is 17.3 Å². The van der Waals surface area contributed by atoms with E-state index in [2.05, 4.69) is 9.97 Å². The van der Waals surface area contributed by atoms with Crippen LogP contribution in [0.4, 0.5) is 0 Å². The van der Waals surface area contributed by atoms with E-state index < -0.39 is 12.1 Å². The second-order valence-corrected chi connectivity index (χ2v) is 7.29. The lowest BCUT2D eigenvalue weighted by Crippen LogP contribution is -2.18. The highest BCUT2D eigenvalue weighted by molar-refractivity contribution is 7.09. The van der Waals surface area contributed by atoms with Crippen LogP contribution in [0, 0.1) is 6.92 Å². The maximum Gasteiger partial charge on any atom is 0.307 e. The highest BCUT2D eigenvalue weighted by Gasteiger charge is 2.17. The normalized spacial score (nSPS) is 11.8. The summed E-state index contributed by atoms with van der Waals surface area (Å²) in [5.41, 5.74) is 2.38. The molecular weight excluding hydrogens is 380 g/mol. The van der Waals surface area contributed by atoms with E-state index in [9.17, 15) is 14.7 Å². The third-order valence-corrected chi connectivity index (χ3v) is 4.81. The number of H-pyrrole nitrogens is 1. The summed E-state index contributed by atoms with van der Waals surface area (Å²) in [5.74, 6) is 0.114. The predicted molar refractivity (Wildman–Crippen MR) is 105 cm³/mol. The molecule has 0 spiro atoms. The molecule has 2 N–H and O–H groups in total. The lowest BCUT2D eigenvalue weighted by Gasteiger charge is -2.18. The van der Waals surface area contributed by atoms with Crippen LogP contribution in [0.1, 0.15) is 34.9 Å². The second-order valence-electron chi connectivity index (χ2n) is 6.22. The predicted octanol–water partition coefficient (Wildman–Crippen LogP) is 3.12. The SMILES string of the molecule is CC(=O)OC(COc1ccc(Cc2sc(=O)[nH]c2O)cc1)c1cccc(C)n1. The zero-order valence-corrected chi connectivity index (χ0v) is 16.3. The van der Waals surface area contributed by atoms with E-state index in [0.717, 1.165) is 22.6 Å². The molecule has 0 saturated heterocycles. The Hall–Kier alpha value is -3.13. The summed E-state index contributed by atoms with van der Waals surface area (Å²) in [6.07, 6.45) is -0.162. The van der Waals surface area contributed by atoms with Gasteiger partial charge in [-0.05, 0) is 36.8 Å². The highest BCUT2D eigenvalue weighted by atomic mass is 32.1. The van der Waals surface area contributed by atoms with Gasteiger partial charge in [-0.3, -0.25) is 19.6 Å². The Morgan fingerprint density at radius 3 is 2.61 bits per heavy atom. The van der Waals surface area contributed by atoms with Crippen LogP contribution in [0.3, 0.4) is 0 Å². The molecule has 2 heterocycles. The number of carbonyl (C=O) groups excluding carboxylic acids is 1. The van der Waals surface area contributed by atoms with Gasteiger partial charge in [0.2, 0.25) is 5.88 Å². The monoisotopic (exact) mass is 400 g/mol. The van der Waals surface area contributed by atoms with Crippen molar-refractivity contribution in [2.75, 3.05) is 6.61 Å². The number of esters is 1. The Kier molecular flexibility index (Phi) is 6.10. The van der Waals surface area contributed by atoms with Gasteiger partial charge in [-0.2, -0.15) is 0 Å². The number of carbonyl (C=O) groups is 1. The van der Waals surface area contributed by atoms with Crippen molar-refractivity contribution in [3.8, 4) is 11.6 Å². The van der Waals surface area contributed by atoms with E-state index in [1.54, 1.807) is 18.2 Å². The Bertz CT molecular complexity index is 1010. The summed E-state index contributed by atoms with van der Waals surface area (Å²) in [5, 5.41) is 9.68. The van der Waals surface area contributed by atoms with Crippen LogP contribution in [-0.4, -0.2) is 27.7 Å². The molecular formula is C20H20N2O5S. The average molecular weight is 400 g/mol. The zero-order chi connectivity index (χ0) is 20.1. The van der Waals surface area contributed by atoms with E-state index in [4.69, 9.17) is 9.47 Å². The molecule has 3 rings (SSSR count). The number of hydrogen-bond donors (Lipinski definition) is 2. The number of aryl methyl sites for hydroxylation is 1. The Balaban J connectivity index is 1.65. The smallest absolute Gasteiger partial charge is 0.307 e. The largest absolute Gasteiger partial charge is 0.494 e. The zero-order valence-electron chi connectivity index (χ0n) is 15.5. The molecule has 0 amide bonds. The van der Waals surface area contributed by atoms with E-state index in [1.807, 2.05) is 31.2 Å². The lowest BCUT2D eigenvalue weighted by atomic mass is 10.1. The lowest BCUT2D eigenvalue weighted by molar-refractivity contribution is -0.148. The molecule has 1 unspecified atom stereocenters. The quantitative estimate of drug-likeness (QED) is 0.591. The van der Waals surface area contributed by atoms with Crippen LogP contribution in [0.5, 0.6) is 11.6 Å². The van der Waals surface area contributed by atoms with Crippen LogP contribution < -0.4 is 9.61 Å². The van der Waals surface area contributed by atoms with Crippen molar-refractivity contribution in [1.82, 2.24) is 9.97 Å². The molecule has 0 saturated carbocycles. The Labute approximate surface area is 165 Å². The van der Waals surface area contributed by atoms with E-state index in [0.29, 0.717) is 22.7 Å². The molecule has 7 nitrogen and oxygen atoms in total. The van der Waals surface area contributed by atoms with E-state index in [1.165, 1.54) is 6.92 Å². The maximum absolute atomic E-state index is 11.4. The van der Waals surface area contributed by atoms with Crippen molar-refractivity contribution in [2.24, 2.45) is 0 Å². The minimum atomic E-state index is -0.605. The summed E-state index contributed by atoms with van der Waals surface area (Å²) in [4.78, 5) is 29.7. The minimum Gasteiger partial charge on any atom is -0.494 e. The van der Waals surface area contributed by atoms with Gasteiger partial charge in [0.1, 0.15) is 12.4 Å². The summed E-state index contributed by atoms with van der Waals surface area (Å²) in [7, 11) is 0. The average Bonchev–Trinajstić information content (AvgIpc) is 2.96. The number of ether oxygens (including phenoxy) is 2. The van der Waals surface area contributed by atoms with Crippen molar-refractivity contribution in [3.05, 3.63) is 74.0 Å². The van der Waals surface area contributed by atoms with Crippen LogP contribution in [-0.2, 0) is 16.0 Å². The topological polar surface area (TPSA) is 102 Å². The van der Waals surface area contributed by atoms with Gasteiger partial charge in [0.25, 0.3) is 0 Å². The van der Waals surface area contributed by atoms with Gasteiger partial charge in [-0.15, -0.1) is 0 Å². The molecule has 8 heteroatoms. The van der Waals surface area contributed by atoms with Crippen LogP contribution >= 0.6 is 11.3 Å². The minimum absolute atomic E-state index is 0.0924. The van der Waals surface area contributed by atoms with Crippen LogP contribution in [0.25, 0.3) is 0 Å². The van der Waals surface area contributed by atoms with Crippen LogP contribution in [0.2, 0.25) is 0 Å². The number of hydrogen-bond acceptors (Lipinski definition) is 7. The van der Waals surface area contributed by atoms with Gasteiger partial charge in [0, 0.05) is 19.0 Å². The van der Waals surface area contributed by atoms with E-state index in [-0.39, 0.29) is 17.4 Å². The molecule has 146 valence electrons. The molecule has 3 aromatic rings. The fourth-order valence-corrected chi connectivity index (χ4v) is 3.41. The maximum atomic E-state index is 11.4. The van der Waals surface area contributed by atoms with Crippen molar-refractivity contribution in [2.45, 2.75) is 26.4 Å². The van der Waals surface area contributed by atoms with Gasteiger partial charge in [0.05, 0.1) is 10.6 Å². The van der Waals surface area contributed by atoms with E-state index >= 15 is 0 Å². The first-order chi connectivity index (χ1) is 13.4. The van der Waals surface area contributed by atoms with Crippen molar-refractivity contribution < 1.29 is 19.4 Å². The molecule has 0 bridgehead atoms. The first kappa shape index (κ1) is 19.6. The fraction of sp³-hybridized carbons (Fsp3) is 0.250. The Morgan fingerprint density at radius 2 is 2.00 bits per heavy atom. The number of rotatable bonds is 7. The number of pyridine rings is 1. The number of benzene rings is 1. The van der Waals surface area contributed by atoms with Gasteiger partial charge in [-0.25, -0.2) is 0 Å². The molecule has 1 aromatic carbocycles. The molecule has 28 heavy (non-hydrogen) atoms. The number of aromatic hydroxyl groups is 1. The molecule has 0 fully saturated rings. The number of thiazole rings is 1. The van der Waals surface area contributed by atoms with Crippen molar-refractivity contribution in [3.63, 3.8) is 0 Å². The number of nitrogens with zero attached hydrogens (tertiary/aromatic N) is 1. The summed E-state index contributed by atoms with van der Waals surface area (Å²) >= 11 is 0.984. The number of nitrogens with one attached hydrogen (secondary N) is 1. The second kappa shape index (κ2) is 8.71. The summed E-state index contributed by atoms with van der Waals surface area (Å²) in [6.45, 7) is 3.35. The third-order valence-electron chi connectivity index (χ3n) is 3.94. The third kappa shape index (κ3) is 5.20. The first-order valence-electron chi connectivity index (χ1n) is 8.64. The van der Waals surface area contributed by atoms with Crippen molar-refractivity contribution in [1.29, 1.82) is 0 Å². The first-order valence-corrected chi connectivity index (χ1v) is 9.46. The molecule has 0 radical (unpaired) electrons. The van der Waals surface area contributed by atoms with Gasteiger partial charge >= 0.3 is 10.8 Å². The van der Waals surface area contributed by atoms with Gasteiger partial charge in [0.15, 0.2) is 6.10 Å². The molecule has 1 atom stereocenters. The van der Waals surface area contributed by atoms with Crippen LogP contribution in [0.15, 0.2) is 47.3 Å². The molecule has 0 aliphatic heterocycles. The number of aromatic amines is 1. The number of aromatic nitrogens is 2. The summed E-state index contributed by atoms with van der Waals surface area (Å²) < 4.78 is 11.1. The highest BCUT2D eigenvalue weighted by Crippen LogP contribution is 2.23. The van der Waals surface area contributed by atoms with Gasteiger partial charge in [-0.1, -0.05) is 29.5 Å².